The third-order valence-corrected chi connectivity index (χ3v) is 4.03. The molecule has 0 aromatic heterocycles. The van der Waals surface area contributed by atoms with Gasteiger partial charge < -0.3 is 10.1 Å². The third-order valence-electron chi connectivity index (χ3n) is 4.03. The number of para-hydroxylation sites is 1. The lowest BCUT2D eigenvalue weighted by Gasteiger charge is -2.22. The zero-order chi connectivity index (χ0) is 19.3. The van der Waals surface area contributed by atoms with Crippen LogP contribution in [0.15, 0.2) is 36.4 Å². The molecule has 0 fully saturated rings. The van der Waals surface area contributed by atoms with Gasteiger partial charge in [-0.3, -0.25) is 5.21 Å². The second-order valence-corrected chi connectivity index (χ2v) is 5.76. The maximum Gasteiger partial charge on any atom is 0.345 e. The minimum atomic E-state index is -2.85. The van der Waals surface area contributed by atoms with Crippen molar-refractivity contribution in [2.45, 2.75) is 33.3 Å². The number of hydrogen-bond donors (Lipinski definition) is 2. The molecule has 140 valence electrons. The van der Waals surface area contributed by atoms with Gasteiger partial charge in [0.05, 0.1) is 5.69 Å². The molecule has 2 rings (SSSR count). The van der Waals surface area contributed by atoms with E-state index in [0.29, 0.717) is 5.75 Å². The number of hydroxylamine groups is 1. The zero-order valence-corrected chi connectivity index (χ0v) is 14.9. The zero-order valence-electron chi connectivity index (χ0n) is 14.9. The van der Waals surface area contributed by atoms with Gasteiger partial charge in [0.2, 0.25) is 0 Å². The Morgan fingerprint density at radius 1 is 1.31 bits per heavy atom. The number of amides is 2. The van der Waals surface area contributed by atoms with E-state index in [1.165, 1.54) is 19.2 Å². The summed E-state index contributed by atoms with van der Waals surface area (Å²) >= 11 is 0. The van der Waals surface area contributed by atoms with Crippen molar-refractivity contribution in [2.24, 2.45) is 0 Å². The van der Waals surface area contributed by atoms with Crippen molar-refractivity contribution in [3.63, 3.8) is 0 Å². The van der Waals surface area contributed by atoms with E-state index in [1.54, 1.807) is 0 Å². The molecule has 2 amide bonds. The number of rotatable bonds is 6. The number of aryl methyl sites for hydroxylation is 2. The highest BCUT2D eigenvalue weighted by Crippen LogP contribution is 2.33. The van der Waals surface area contributed by atoms with Crippen molar-refractivity contribution in [1.82, 2.24) is 5.32 Å². The van der Waals surface area contributed by atoms with Crippen LogP contribution in [0, 0.1) is 6.92 Å². The number of ether oxygens (including phenoxy) is 1. The molecule has 2 aromatic rings. The highest BCUT2D eigenvalue weighted by Gasteiger charge is 2.24. The first-order chi connectivity index (χ1) is 12.4. The standard InChI is InChI=1S/C19H22F2N2O3/c1-4-13-8-9-16(12(2)10-13)26-11-14-6-5-7-15(18(20)21)17(14)23(25)19(24)22-3/h5-10,18,25H,4,11H2,1-3H3,(H,22,24). The molecule has 0 radical (unpaired) electrons. The lowest BCUT2D eigenvalue weighted by Crippen LogP contribution is -2.36. The summed E-state index contributed by atoms with van der Waals surface area (Å²) in [6.45, 7) is 3.87. The van der Waals surface area contributed by atoms with Crippen molar-refractivity contribution in [1.29, 1.82) is 0 Å². The quantitative estimate of drug-likeness (QED) is 0.581. The first kappa shape index (κ1) is 19.7. The van der Waals surface area contributed by atoms with Crippen molar-refractivity contribution in [3.05, 3.63) is 58.7 Å². The van der Waals surface area contributed by atoms with E-state index in [4.69, 9.17) is 4.74 Å². The molecule has 0 atom stereocenters. The first-order valence-electron chi connectivity index (χ1n) is 8.22. The van der Waals surface area contributed by atoms with Crippen LogP contribution in [0.4, 0.5) is 19.3 Å². The van der Waals surface area contributed by atoms with Gasteiger partial charge in [0, 0.05) is 18.2 Å². The van der Waals surface area contributed by atoms with E-state index < -0.39 is 18.0 Å². The third kappa shape index (κ3) is 4.29. The van der Waals surface area contributed by atoms with E-state index in [-0.39, 0.29) is 22.9 Å². The van der Waals surface area contributed by atoms with Gasteiger partial charge in [-0.15, -0.1) is 0 Å². The van der Waals surface area contributed by atoms with E-state index >= 15 is 0 Å². The summed E-state index contributed by atoms with van der Waals surface area (Å²) in [7, 11) is 1.30. The van der Waals surface area contributed by atoms with Crippen LogP contribution >= 0.6 is 0 Å². The molecule has 7 heteroatoms. The number of carbonyl (C=O) groups excluding carboxylic acids is 1. The number of hydrogen-bond acceptors (Lipinski definition) is 3. The van der Waals surface area contributed by atoms with Crippen LogP contribution in [0.1, 0.15) is 35.6 Å². The number of nitrogens with one attached hydrogen (secondary N) is 1. The molecule has 0 bridgehead atoms. The Labute approximate surface area is 151 Å². The average Bonchev–Trinajstić information content (AvgIpc) is 2.65. The smallest absolute Gasteiger partial charge is 0.345 e. The average molecular weight is 364 g/mol. The lowest BCUT2D eigenvalue weighted by atomic mass is 10.1. The van der Waals surface area contributed by atoms with E-state index in [1.807, 2.05) is 32.0 Å². The SMILES string of the molecule is CCc1ccc(OCc2cccc(C(F)F)c2N(O)C(=O)NC)c(C)c1. The first-order valence-corrected chi connectivity index (χ1v) is 8.22. The molecule has 2 N–H and O–H groups in total. The number of urea groups is 1. The minimum Gasteiger partial charge on any atom is -0.489 e. The van der Waals surface area contributed by atoms with Gasteiger partial charge in [0.25, 0.3) is 6.43 Å². The summed E-state index contributed by atoms with van der Waals surface area (Å²) in [6.07, 6.45) is -1.96. The van der Waals surface area contributed by atoms with Crippen LogP contribution in [0.25, 0.3) is 0 Å². The molecule has 0 heterocycles. The maximum atomic E-state index is 13.3. The number of carbonyl (C=O) groups is 1. The fourth-order valence-corrected chi connectivity index (χ4v) is 2.62. The normalized spacial score (nSPS) is 10.7. The van der Waals surface area contributed by atoms with Gasteiger partial charge in [0.1, 0.15) is 12.4 Å². The summed E-state index contributed by atoms with van der Waals surface area (Å²) in [4.78, 5) is 11.7. The Morgan fingerprint density at radius 3 is 2.62 bits per heavy atom. The highest BCUT2D eigenvalue weighted by atomic mass is 19.3. The minimum absolute atomic E-state index is 0.0732. The van der Waals surface area contributed by atoms with Gasteiger partial charge in [-0.2, -0.15) is 5.06 Å². The van der Waals surface area contributed by atoms with Gasteiger partial charge >= 0.3 is 6.03 Å². The van der Waals surface area contributed by atoms with Crippen molar-refractivity contribution in [2.75, 3.05) is 12.1 Å². The van der Waals surface area contributed by atoms with E-state index in [9.17, 15) is 18.8 Å². The van der Waals surface area contributed by atoms with Crippen LogP contribution in [-0.4, -0.2) is 18.3 Å². The molecular formula is C19H22F2N2O3. The second kappa shape index (κ2) is 8.62. The molecule has 0 saturated heterocycles. The van der Waals surface area contributed by atoms with Gasteiger partial charge in [0.15, 0.2) is 0 Å². The monoisotopic (exact) mass is 364 g/mol. The van der Waals surface area contributed by atoms with Crippen LogP contribution < -0.4 is 15.1 Å². The van der Waals surface area contributed by atoms with Gasteiger partial charge in [-0.1, -0.05) is 37.3 Å². The predicted octanol–water partition coefficient (Wildman–Crippen LogP) is 4.61. The van der Waals surface area contributed by atoms with Gasteiger partial charge in [-0.25, -0.2) is 13.6 Å². The molecule has 26 heavy (non-hydrogen) atoms. The number of alkyl halides is 2. The molecule has 0 spiro atoms. The summed E-state index contributed by atoms with van der Waals surface area (Å²) in [5.41, 5.74) is 1.63. The molecule has 2 aromatic carbocycles. The lowest BCUT2D eigenvalue weighted by molar-refractivity contribution is 0.148. The van der Waals surface area contributed by atoms with Crippen molar-refractivity contribution in [3.8, 4) is 5.75 Å². The van der Waals surface area contributed by atoms with Crippen LogP contribution in [0.5, 0.6) is 5.75 Å². The van der Waals surface area contributed by atoms with E-state index in [2.05, 4.69) is 5.32 Å². The van der Waals surface area contributed by atoms with E-state index in [0.717, 1.165) is 23.6 Å². The number of nitrogens with zero attached hydrogens (tertiary/aromatic N) is 1. The second-order valence-electron chi connectivity index (χ2n) is 5.76. The Hall–Kier alpha value is -2.67. The molecule has 0 saturated carbocycles. The summed E-state index contributed by atoms with van der Waals surface area (Å²) in [5.74, 6) is 0.611. The summed E-state index contributed by atoms with van der Waals surface area (Å²) in [6, 6.07) is 8.97. The Bertz CT molecular complexity index is 781. The fourth-order valence-electron chi connectivity index (χ4n) is 2.62. The number of anilines is 1. The molecule has 0 aliphatic carbocycles. The van der Waals surface area contributed by atoms with Crippen molar-refractivity contribution >= 4 is 11.7 Å². The maximum absolute atomic E-state index is 13.3. The topological polar surface area (TPSA) is 61.8 Å². The fraction of sp³-hybridized carbons (Fsp3) is 0.316. The van der Waals surface area contributed by atoms with Gasteiger partial charge in [-0.05, 0) is 30.5 Å². The molecule has 5 nitrogen and oxygen atoms in total. The van der Waals surface area contributed by atoms with Crippen LogP contribution in [0.3, 0.4) is 0 Å². The largest absolute Gasteiger partial charge is 0.489 e. The van der Waals surface area contributed by atoms with Crippen molar-refractivity contribution < 1.29 is 23.5 Å². The molecule has 0 aliphatic rings. The van der Waals surface area contributed by atoms with Crippen LogP contribution in [0.2, 0.25) is 0 Å². The number of benzene rings is 2. The Kier molecular flexibility index (Phi) is 6.52. The number of halogens is 2. The Morgan fingerprint density at radius 2 is 2.04 bits per heavy atom. The molecule has 0 unspecified atom stereocenters. The highest BCUT2D eigenvalue weighted by molar-refractivity contribution is 5.91. The molecule has 0 aliphatic heterocycles. The van der Waals surface area contributed by atoms with Crippen LogP contribution in [-0.2, 0) is 13.0 Å². The summed E-state index contributed by atoms with van der Waals surface area (Å²) in [5, 5.41) is 12.4. The summed E-state index contributed by atoms with van der Waals surface area (Å²) < 4.78 is 32.4. The molecular weight excluding hydrogens is 342 g/mol. The Balaban J connectivity index is 2.34. The predicted molar refractivity (Wildman–Crippen MR) is 95.0 cm³/mol.